The fraction of sp³-hybridized carbons (Fsp3) is 0.476. The van der Waals surface area contributed by atoms with Crippen molar-refractivity contribution in [3.63, 3.8) is 0 Å². The summed E-state index contributed by atoms with van der Waals surface area (Å²) < 4.78 is 5.31. The monoisotopic (exact) mass is 366 g/mol. The van der Waals surface area contributed by atoms with E-state index >= 15 is 0 Å². The van der Waals surface area contributed by atoms with Gasteiger partial charge < -0.3 is 14.5 Å². The predicted octanol–water partition coefficient (Wildman–Crippen LogP) is 2.61. The Morgan fingerprint density at radius 3 is 2.74 bits per heavy atom. The molecule has 0 unspecified atom stereocenters. The lowest BCUT2D eigenvalue weighted by molar-refractivity contribution is -0.133. The summed E-state index contributed by atoms with van der Waals surface area (Å²) in [5, 5.41) is 0. The molecule has 4 heterocycles. The molecule has 27 heavy (non-hydrogen) atoms. The quantitative estimate of drug-likeness (QED) is 0.814. The first kappa shape index (κ1) is 17.9. The molecule has 0 N–H and O–H groups in total. The molecular formula is C21H26N4O2. The Hall–Kier alpha value is -2.47. The Morgan fingerprint density at radius 1 is 1.26 bits per heavy atom. The number of aryl methyl sites for hydroxylation is 1. The van der Waals surface area contributed by atoms with Crippen molar-refractivity contribution in [2.24, 2.45) is 5.92 Å². The molecule has 4 rings (SSSR count). The van der Waals surface area contributed by atoms with Crippen LogP contribution in [-0.2, 0) is 29.2 Å². The Balaban J connectivity index is 1.38. The van der Waals surface area contributed by atoms with Crippen molar-refractivity contribution in [2.75, 3.05) is 25.1 Å². The molecule has 1 saturated heterocycles. The van der Waals surface area contributed by atoms with E-state index in [9.17, 15) is 4.79 Å². The van der Waals surface area contributed by atoms with Crippen LogP contribution in [0.4, 0.5) is 5.69 Å². The number of carbonyl (C=O) groups is 1. The molecule has 0 aromatic carbocycles. The number of amides is 1. The number of anilines is 1. The third-order valence-corrected chi connectivity index (χ3v) is 5.77. The second-order valence-electron chi connectivity index (χ2n) is 7.60. The number of aromatic nitrogens is 2. The highest BCUT2D eigenvalue weighted by Gasteiger charge is 2.33. The van der Waals surface area contributed by atoms with Crippen LogP contribution in [0.3, 0.4) is 0 Å². The van der Waals surface area contributed by atoms with Gasteiger partial charge in [-0.3, -0.25) is 14.8 Å². The Labute approximate surface area is 160 Å². The van der Waals surface area contributed by atoms with E-state index in [1.165, 1.54) is 16.7 Å². The van der Waals surface area contributed by atoms with Gasteiger partial charge in [-0.25, -0.2) is 0 Å². The standard InChI is InChI=1S/C21H26N4O2/c1-14-15(2)23-20(13-27-3)19-12-25(11-18(14)19)21(26)7-16-9-24(10-16)17-5-4-6-22-8-17/h4-6,8,16H,7,9-13H2,1-3H3. The molecule has 0 saturated carbocycles. The van der Waals surface area contributed by atoms with Crippen molar-refractivity contribution in [3.05, 3.63) is 52.6 Å². The molecule has 0 atom stereocenters. The fourth-order valence-electron chi connectivity index (χ4n) is 4.07. The minimum absolute atomic E-state index is 0.238. The van der Waals surface area contributed by atoms with Crippen LogP contribution >= 0.6 is 0 Å². The zero-order valence-electron chi connectivity index (χ0n) is 16.2. The number of fused-ring (bicyclic) bond motifs is 1. The summed E-state index contributed by atoms with van der Waals surface area (Å²) in [6, 6.07) is 4.02. The maximum atomic E-state index is 12.9. The average Bonchev–Trinajstić information content (AvgIpc) is 3.09. The van der Waals surface area contributed by atoms with Gasteiger partial charge in [0.25, 0.3) is 0 Å². The largest absolute Gasteiger partial charge is 0.378 e. The van der Waals surface area contributed by atoms with Crippen molar-refractivity contribution in [1.82, 2.24) is 14.9 Å². The molecule has 6 heteroatoms. The van der Waals surface area contributed by atoms with Crippen molar-refractivity contribution in [3.8, 4) is 0 Å². The molecule has 2 aliphatic rings. The van der Waals surface area contributed by atoms with Crippen LogP contribution in [0.2, 0.25) is 0 Å². The molecule has 1 fully saturated rings. The maximum absolute atomic E-state index is 12.9. The topological polar surface area (TPSA) is 58.6 Å². The predicted molar refractivity (Wildman–Crippen MR) is 103 cm³/mol. The van der Waals surface area contributed by atoms with Gasteiger partial charge in [0.15, 0.2) is 0 Å². The highest BCUT2D eigenvalue weighted by Crippen LogP contribution is 2.32. The zero-order chi connectivity index (χ0) is 19.0. The Bertz CT molecular complexity index is 847. The molecule has 0 spiro atoms. The van der Waals surface area contributed by atoms with E-state index in [0.29, 0.717) is 32.0 Å². The number of carbonyl (C=O) groups excluding carboxylic acids is 1. The summed E-state index contributed by atoms with van der Waals surface area (Å²) in [7, 11) is 1.69. The van der Waals surface area contributed by atoms with Crippen LogP contribution < -0.4 is 4.90 Å². The second-order valence-corrected chi connectivity index (χ2v) is 7.60. The van der Waals surface area contributed by atoms with Gasteiger partial charge >= 0.3 is 0 Å². The normalized spacial score (nSPS) is 16.4. The van der Waals surface area contributed by atoms with Crippen LogP contribution in [0.1, 0.15) is 34.5 Å². The van der Waals surface area contributed by atoms with E-state index in [4.69, 9.17) is 4.74 Å². The minimum Gasteiger partial charge on any atom is -0.378 e. The third-order valence-electron chi connectivity index (χ3n) is 5.77. The molecule has 2 aromatic heterocycles. The highest BCUT2D eigenvalue weighted by molar-refractivity contribution is 5.78. The minimum atomic E-state index is 0.238. The van der Waals surface area contributed by atoms with Gasteiger partial charge in [0.2, 0.25) is 5.91 Å². The summed E-state index contributed by atoms with van der Waals surface area (Å²) in [5.74, 6) is 0.656. The van der Waals surface area contributed by atoms with Gasteiger partial charge in [-0.1, -0.05) is 0 Å². The van der Waals surface area contributed by atoms with Gasteiger partial charge in [0.05, 0.1) is 24.2 Å². The first-order chi connectivity index (χ1) is 13.1. The SMILES string of the molecule is COCc1nc(C)c(C)c2c1CN(C(=O)CC1CN(c3cccnc3)C1)C2. The van der Waals surface area contributed by atoms with Gasteiger partial charge in [0.1, 0.15) is 0 Å². The zero-order valence-corrected chi connectivity index (χ0v) is 16.2. The van der Waals surface area contributed by atoms with Gasteiger partial charge in [0, 0.05) is 63.1 Å². The van der Waals surface area contributed by atoms with Crippen molar-refractivity contribution >= 4 is 11.6 Å². The summed E-state index contributed by atoms with van der Waals surface area (Å²) in [6.45, 7) is 7.82. The van der Waals surface area contributed by atoms with E-state index < -0.39 is 0 Å². The number of hydrogen-bond acceptors (Lipinski definition) is 5. The molecule has 0 aliphatic carbocycles. The van der Waals surface area contributed by atoms with E-state index in [-0.39, 0.29) is 5.91 Å². The molecule has 0 bridgehead atoms. The summed E-state index contributed by atoms with van der Waals surface area (Å²) in [5.41, 5.74) is 6.77. The van der Waals surface area contributed by atoms with E-state index in [1.807, 2.05) is 24.1 Å². The molecular weight excluding hydrogens is 340 g/mol. The Kier molecular flexibility index (Phi) is 4.83. The van der Waals surface area contributed by atoms with E-state index in [2.05, 4.69) is 27.9 Å². The molecule has 6 nitrogen and oxygen atoms in total. The lowest BCUT2D eigenvalue weighted by atomic mass is 9.95. The average molecular weight is 366 g/mol. The van der Waals surface area contributed by atoms with Crippen LogP contribution in [0, 0.1) is 19.8 Å². The first-order valence-electron chi connectivity index (χ1n) is 9.46. The molecule has 142 valence electrons. The number of hydrogen-bond donors (Lipinski definition) is 0. The van der Waals surface area contributed by atoms with Crippen molar-refractivity contribution < 1.29 is 9.53 Å². The molecule has 2 aliphatic heterocycles. The molecule has 1 amide bonds. The maximum Gasteiger partial charge on any atom is 0.223 e. The van der Waals surface area contributed by atoms with Crippen molar-refractivity contribution in [1.29, 1.82) is 0 Å². The summed E-state index contributed by atoms with van der Waals surface area (Å²) in [4.78, 5) is 26.0. The fourth-order valence-corrected chi connectivity index (χ4v) is 4.07. The van der Waals surface area contributed by atoms with Gasteiger partial charge in [-0.05, 0) is 37.1 Å². The number of rotatable bonds is 5. The Morgan fingerprint density at radius 2 is 2.04 bits per heavy atom. The van der Waals surface area contributed by atoms with Crippen LogP contribution in [0.5, 0.6) is 0 Å². The van der Waals surface area contributed by atoms with E-state index in [1.54, 1.807) is 13.3 Å². The molecule has 2 aromatic rings. The smallest absolute Gasteiger partial charge is 0.223 e. The first-order valence-corrected chi connectivity index (χ1v) is 9.46. The number of pyridine rings is 2. The number of ether oxygens (including phenoxy) is 1. The lowest BCUT2D eigenvalue weighted by Gasteiger charge is -2.41. The lowest BCUT2D eigenvalue weighted by Crippen LogP contribution is -2.48. The number of nitrogens with zero attached hydrogens (tertiary/aromatic N) is 4. The van der Waals surface area contributed by atoms with Gasteiger partial charge in [-0.2, -0.15) is 0 Å². The van der Waals surface area contributed by atoms with Crippen LogP contribution in [0.25, 0.3) is 0 Å². The van der Waals surface area contributed by atoms with Crippen molar-refractivity contribution in [2.45, 2.75) is 40.0 Å². The summed E-state index contributed by atoms with van der Waals surface area (Å²) >= 11 is 0. The third kappa shape index (κ3) is 3.41. The second kappa shape index (κ2) is 7.27. The number of methoxy groups -OCH3 is 1. The van der Waals surface area contributed by atoms with Crippen LogP contribution in [0.15, 0.2) is 24.5 Å². The van der Waals surface area contributed by atoms with Crippen LogP contribution in [-0.4, -0.2) is 41.0 Å². The highest BCUT2D eigenvalue weighted by atomic mass is 16.5. The van der Waals surface area contributed by atoms with Gasteiger partial charge in [-0.15, -0.1) is 0 Å². The molecule has 0 radical (unpaired) electrons. The van der Waals surface area contributed by atoms with E-state index in [0.717, 1.165) is 30.2 Å². The summed E-state index contributed by atoms with van der Waals surface area (Å²) in [6.07, 6.45) is 4.27.